The molecule has 1 aromatic heterocycles. The lowest BCUT2D eigenvalue weighted by Gasteiger charge is -2.10. The van der Waals surface area contributed by atoms with Gasteiger partial charge in [0, 0.05) is 5.70 Å². The number of aromatic nitrogens is 2. The zero-order chi connectivity index (χ0) is 18.4. The zero-order valence-corrected chi connectivity index (χ0v) is 15.3. The Kier molecular flexibility index (Phi) is 3.54. The SMILES string of the molecule is CC1=c2ccccc2=[C-][N+]1=c1c2cc(-c3ccccc3)ccc2ncn1C. The maximum atomic E-state index is 4.62. The molecule has 0 saturated carbocycles. The standard InChI is InChI=1S/C24H19N3/c1-17-21-11-7-6-10-20(21)15-27(17)24-22-14-19(18-8-4-3-5-9-18)12-13-23(22)25-16-26(24)2/h3-14,16H,1-2H3. The van der Waals surface area contributed by atoms with E-state index in [1.807, 2.05) is 19.4 Å². The lowest BCUT2D eigenvalue weighted by atomic mass is 10.0. The van der Waals surface area contributed by atoms with Crippen molar-refractivity contribution in [2.45, 2.75) is 6.92 Å². The molecule has 130 valence electrons. The van der Waals surface area contributed by atoms with Crippen LogP contribution in [0.1, 0.15) is 6.92 Å². The summed E-state index contributed by atoms with van der Waals surface area (Å²) in [6.45, 7) is 2.14. The molecule has 0 atom stereocenters. The van der Waals surface area contributed by atoms with Gasteiger partial charge in [0.1, 0.15) is 0 Å². The van der Waals surface area contributed by atoms with E-state index in [0.29, 0.717) is 0 Å². The van der Waals surface area contributed by atoms with Crippen molar-refractivity contribution in [1.29, 1.82) is 0 Å². The number of benzene rings is 3. The normalized spacial score (nSPS) is 15.0. The minimum absolute atomic E-state index is 0.980. The van der Waals surface area contributed by atoms with E-state index in [1.54, 1.807) is 0 Å². The molecule has 3 heteroatoms. The third-order valence-corrected chi connectivity index (χ3v) is 5.15. The van der Waals surface area contributed by atoms with Crippen LogP contribution in [0.2, 0.25) is 0 Å². The summed E-state index contributed by atoms with van der Waals surface area (Å²) in [4.78, 5) is 4.62. The lowest BCUT2D eigenvalue weighted by molar-refractivity contribution is 0.777. The summed E-state index contributed by atoms with van der Waals surface area (Å²) in [7, 11) is 2.04. The third-order valence-electron chi connectivity index (χ3n) is 5.15. The molecule has 4 aromatic rings. The Morgan fingerprint density at radius 1 is 0.889 bits per heavy atom. The van der Waals surface area contributed by atoms with E-state index in [4.69, 9.17) is 0 Å². The lowest BCUT2D eigenvalue weighted by Crippen LogP contribution is -2.32. The minimum Gasteiger partial charge on any atom is -0.301 e. The molecule has 0 radical (unpaired) electrons. The van der Waals surface area contributed by atoms with Crippen LogP contribution in [0.25, 0.3) is 33.9 Å². The number of hydrogen-bond acceptors (Lipinski definition) is 1. The van der Waals surface area contributed by atoms with Crippen LogP contribution in [0.15, 0.2) is 79.1 Å². The summed E-state index contributed by atoms with van der Waals surface area (Å²) >= 11 is 0. The van der Waals surface area contributed by atoms with E-state index in [2.05, 4.69) is 94.0 Å². The van der Waals surface area contributed by atoms with Crippen LogP contribution >= 0.6 is 0 Å². The van der Waals surface area contributed by atoms with Crippen molar-refractivity contribution < 1.29 is 0 Å². The molecule has 0 unspecified atom stereocenters. The summed E-state index contributed by atoms with van der Waals surface area (Å²) in [5.74, 6) is 0. The average molecular weight is 349 g/mol. The molecule has 0 saturated heterocycles. The summed E-state index contributed by atoms with van der Waals surface area (Å²) in [6, 6.07) is 25.3. The molecule has 3 aromatic carbocycles. The number of hydrogen-bond donors (Lipinski definition) is 0. The van der Waals surface area contributed by atoms with Gasteiger partial charge >= 0.3 is 0 Å². The van der Waals surface area contributed by atoms with Gasteiger partial charge in [-0.25, -0.2) is 4.98 Å². The highest BCUT2D eigenvalue weighted by Crippen LogP contribution is 2.21. The topological polar surface area (TPSA) is 20.8 Å². The van der Waals surface area contributed by atoms with Crippen molar-refractivity contribution in [3.8, 4) is 11.1 Å². The van der Waals surface area contributed by atoms with Gasteiger partial charge in [0.25, 0.3) is 0 Å². The zero-order valence-electron chi connectivity index (χ0n) is 15.3. The van der Waals surface area contributed by atoms with Crippen molar-refractivity contribution in [1.82, 2.24) is 14.1 Å². The quantitative estimate of drug-likeness (QED) is 0.382. The van der Waals surface area contributed by atoms with Gasteiger partial charge in [-0.3, -0.25) is 4.57 Å². The second-order valence-corrected chi connectivity index (χ2v) is 6.86. The molecule has 3 nitrogen and oxygen atoms in total. The summed E-state index contributed by atoms with van der Waals surface area (Å²) in [6.07, 6.45) is 5.41. The molecular formula is C24H19N3. The van der Waals surface area contributed by atoms with Gasteiger partial charge in [0.05, 0.1) is 24.2 Å². The van der Waals surface area contributed by atoms with Gasteiger partial charge in [-0.15, -0.1) is 6.07 Å². The van der Waals surface area contributed by atoms with E-state index in [9.17, 15) is 0 Å². The van der Waals surface area contributed by atoms with E-state index >= 15 is 0 Å². The molecule has 0 bridgehead atoms. The fourth-order valence-corrected chi connectivity index (χ4v) is 3.74. The molecule has 1 aliphatic rings. The summed E-state index contributed by atoms with van der Waals surface area (Å²) < 4.78 is 4.23. The Morgan fingerprint density at radius 3 is 2.48 bits per heavy atom. The first kappa shape index (κ1) is 15.8. The van der Waals surface area contributed by atoms with E-state index < -0.39 is 0 Å². The monoisotopic (exact) mass is 349 g/mol. The molecule has 0 amide bonds. The van der Waals surface area contributed by atoms with Crippen molar-refractivity contribution >= 4 is 22.8 Å². The van der Waals surface area contributed by atoms with Crippen LogP contribution < -0.4 is 20.5 Å². The maximum Gasteiger partial charge on any atom is 0.233 e. The number of nitrogens with zero attached hydrogens (tertiary/aromatic N) is 3. The second-order valence-electron chi connectivity index (χ2n) is 6.86. The molecule has 0 aliphatic carbocycles. The highest BCUT2D eigenvalue weighted by Gasteiger charge is 2.11. The predicted molar refractivity (Wildman–Crippen MR) is 110 cm³/mol. The van der Waals surface area contributed by atoms with Crippen LogP contribution in [-0.4, -0.2) is 9.55 Å². The molecule has 0 N–H and O–H groups in total. The van der Waals surface area contributed by atoms with Crippen LogP contribution in [0.5, 0.6) is 0 Å². The molecule has 0 fully saturated rings. The molecule has 5 rings (SSSR count). The van der Waals surface area contributed by atoms with E-state index in [1.165, 1.54) is 22.0 Å². The van der Waals surface area contributed by atoms with Crippen LogP contribution in [-0.2, 0) is 7.05 Å². The van der Waals surface area contributed by atoms with Gasteiger partial charge in [-0.2, -0.15) is 0 Å². The Hall–Kier alpha value is -3.46. The van der Waals surface area contributed by atoms with Crippen LogP contribution in [0.4, 0.5) is 0 Å². The fraction of sp³-hybridized carbons (Fsp3) is 0.0833. The highest BCUT2D eigenvalue weighted by molar-refractivity contribution is 5.84. The van der Waals surface area contributed by atoms with Crippen molar-refractivity contribution in [2.24, 2.45) is 7.05 Å². The van der Waals surface area contributed by atoms with E-state index in [-0.39, 0.29) is 0 Å². The van der Waals surface area contributed by atoms with Gasteiger partial charge in [-0.05, 0) is 30.2 Å². The van der Waals surface area contributed by atoms with Gasteiger partial charge in [0.2, 0.25) is 5.49 Å². The van der Waals surface area contributed by atoms with Crippen molar-refractivity contribution in [3.63, 3.8) is 0 Å². The van der Waals surface area contributed by atoms with Crippen molar-refractivity contribution in [2.75, 3.05) is 0 Å². The number of aryl methyl sites for hydroxylation is 1. The Morgan fingerprint density at radius 2 is 1.67 bits per heavy atom. The Balaban J connectivity index is 1.91. The largest absolute Gasteiger partial charge is 0.301 e. The molecule has 0 spiro atoms. The third kappa shape index (κ3) is 2.51. The predicted octanol–water partition coefficient (Wildman–Crippen LogP) is 2.47. The molecule has 1 aliphatic heterocycles. The highest BCUT2D eigenvalue weighted by atomic mass is 15.1. The molecule has 2 heterocycles. The Bertz CT molecular complexity index is 1380. The maximum absolute atomic E-state index is 4.62. The first-order valence-electron chi connectivity index (χ1n) is 9.06. The minimum atomic E-state index is 0.980. The fourth-order valence-electron chi connectivity index (χ4n) is 3.74. The molecule has 27 heavy (non-hydrogen) atoms. The average Bonchev–Trinajstić information content (AvgIpc) is 3.04. The van der Waals surface area contributed by atoms with E-state index in [0.717, 1.165) is 21.6 Å². The van der Waals surface area contributed by atoms with Gasteiger partial charge < -0.3 is 4.58 Å². The first-order valence-corrected chi connectivity index (χ1v) is 9.06. The van der Waals surface area contributed by atoms with Crippen LogP contribution in [0, 0.1) is 0 Å². The van der Waals surface area contributed by atoms with Gasteiger partial charge in [0.15, 0.2) is 6.33 Å². The van der Waals surface area contributed by atoms with Crippen molar-refractivity contribution in [3.05, 3.63) is 95.0 Å². The summed E-state index contributed by atoms with van der Waals surface area (Å²) in [5.41, 5.74) is 5.63. The molecular weight excluding hydrogens is 330 g/mol. The second kappa shape index (κ2) is 6.06. The smallest absolute Gasteiger partial charge is 0.233 e. The summed E-state index contributed by atoms with van der Waals surface area (Å²) in [5, 5.41) is 3.46. The van der Waals surface area contributed by atoms with Crippen LogP contribution in [0.3, 0.4) is 0 Å². The number of rotatable bonds is 1. The number of fused-ring (bicyclic) bond motifs is 2. The first-order chi connectivity index (χ1) is 13.2. The Labute approximate surface area is 157 Å². The van der Waals surface area contributed by atoms with Gasteiger partial charge in [-0.1, -0.05) is 65.0 Å².